The first-order valence-corrected chi connectivity index (χ1v) is 5.13. The number of ketones is 1. The van der Waals surface area contributed by atoms with Gasteiger partial charge in [0.1, 0.15) is 0 Å². The van der Waals surface area contributed by atoms with Gasteiger partial charge in [-0.3, -0.25) is 4.79 Å². The van der Waals surface area contributed by atoms with Gasteiger partial charge in [-0.05, 0) is 43.1 Å². The van der Waals surface area contributed by atoms with Crippen LogP contribution in [0.4, 0.5) is 0 Å². The number of ether oxygens (including phenoxy) is 1. The maximum Gasteiger partial charge on any atom is 0.174 e. The predicted octanol–water partition coefficient (Wildman–Crippen LogP) is 1.46. The van der Waals surface area contributed by atoms with Crippen LogP contribution >= 0.6 is 0 Å². The van der Waals surface area contributed by atoms with E-state index in [1.165, 1.54) is 0 Å². The molecule has 1 aliphatic carbocycles. The summed E-state index contributed by atoms with van der Waals surface area (Å²) in [6.07, 6.45) is 2.41. The third-order valence-corrected chi connectivity index (χ3v) is 2.64. The molecule has 0 amide bonds. The topological polar surface area (TPSA) is 26.3 Å². The Bertz CT molecular complexity index is 435. The van der Waals surface area contributed by atoms with Crippen molar-refractivity contribution in [3.63, 3.8) is 0 Å². The number of rotatable bonds is 0. The molecular formula is C13H12O2. The molecule has 2 rings (SSSR count). The Labute approximate surface area is 89.7 Å². The molecule has 1 aliphatic heterocycles. The molecule has 2 nitrogen and oxygen atoms in total. The van der Waals surface area contributed by atoms with Crippen molar-refractivity contribution in [2.75, 3.05) is 6.61 Å². The second-order valence-electron chi connectivity index (χ2n) is 3.62. The molecule has 0 spiro atoms. The standard InChI is InChI=1S/C13H12O2/c1-2-3-4-6-10-11-7-5-8-15-13(11)9-12(10)14/h13H,5,7-9H2,1H3/t13-/m0/s1. The van der Waals surface area contributed by atoms with Gasteiger partial charge in [-0.15, -0.1) is 0 Å². The highest BCUT2D eigenvalue weighted by molar-refractivity contribution is 6.03. The van der Waals surface area contributed by atoms with Crippen molar-refractivity contribution in [1.82, 2.24) is 0 Å². The summed E-state index contributed by atoms with van der Waals surface area (Å²) >= 11 is 0. The normalized spacial score (nSPS) is 23.8. The Hall–Kier alpha value is -1.51. The zero-order valence-corrected chi connectivity index (χ0v) is 8.72. The van der Waals surface area contributed by atoms with E-state index in [2.05, 4.69) is 23.7 Å². The third kappa shape index (κ3) is 1.96. The average molecular weight is 200 g/mol. The van der Waals surface area contributed by atoms with E-state index in [1.807, 2.05) is 0 Å². The maximum absolute atomic E-state index is 11.6. The van der Waals surface area contributed by atoms with Crippen LogP contribution in [-0.2, 0) is 9.53 Å². The molecule has 0 N–H and O–H groups in total. The SMILES string of the molecule is CC#CC#CC1=C2CCCO[C@H]2CC1=O. The van der Waals surface area contributed by atoms with Crippen LogP contribution < -0.4 is 0 Å². The molecule has 1 fully saturated rings. The smallest absolute Gasteiger partial charge is 0.174 e. The predicted molar refractivity (Wildman–Crippen MR) is 56.9 cm³/mol. The monoisotopic (exact) mass is 200 g/mol. The Balaban J connectivity index is 2.29. The van der Waals surface area contributed by atoms with E-state index in [0.29, 0.717) is 12.0 Å². The highest BCUT2D eigenvalue weighted by Crippen LogP contribution is 2.32. The Morgan fingerprint density at radius 2 is 2.27 bits per heavy atom. The van der Waals surface area contributed by atoms with Gasteiger partial charge in [0.05, 0.1) is 11.7 Å². The fourth-order valence-corrected chi connectivity index (χ4v) is 1.97. The fourth-order valence-electron chi connectivity index (χ4n) is 1.97. The van der Waals surface area contributed by atoms with E-state index in [9.17, 15) is 4.79 Å². The van der Waals surface area contributed by atoms with Crippen molar-refractivity contribution in [2.45, 2.75) is 32.3 Å². The van der Waals surface area contributed by atoms with Gasteiger partial charge < -0.3 is 4.74 Å². The molecule has 1 atom stereocenters. The first kappa shape index (κ1) is 10.0. The molecule has 1 saturated heterocycles. The van der Waals surface area contributed by atoms with E-state index in [1.54, 1.807) is 6.92 Å². The molecule has 0 aromatic carbocycles. The summed E-state index contributed by atoms with van der Waals surface area (Å²) in [5.74, 6) is 11.0. The molecule has 2 heteroatoms. The van der Waals surface area contributed by atoms with E-state index in [-0.39, 0.29) is 11.9 Å². The van der Waals surface area contributed by atoms with Crippen LogP contribution in [0.1, 0.15) is 26.2 Å². The number of allylic oxidation sites excluding steroid dienone is 1. The van der Waals surface area contributed by atoms with Gasteiger partial charge in [0.2, 0.25) is 0 Å². The Kier molecular flexibility index (Phi) is 2.90. The number of hydrogen-bond acceptors (Lipinski definition) is 2. The molecule has 0 unspecified atom stereocenters. The van der Waals surface area contributed by atoms with E-state index in [0.717, 1.165) is 25.0 Å². The van der Waals surface area contributed by atoms with Crippen molar-refractivity contribution in [3.05, 3.63) is 11.1 Å². The largest absolute Gasteiger partial charge is 0.373 e. The summed E-state index contributed by atoms with van der Waals surface area (Å²) in [5, 5.41) is 0. The molecule has 0 radical (unpaired) electrons. The highest BCUT2D eigenvalue weighted by Gasteiger charge is 2.33. The highest BCUT2D eigenvalue weighted by atomic mass is 16.5. The Morgan fingerprint density at radius 3 is 3.07 bits per heavy atom. The second-order valence-corrected chi connectivity index (χ2v) is 3.62. The summed E-state index contributed by atoms with van der Waals surface area (Å²) < 4.78 is 5.53. The first-order valence-electron chi connectivity index (χ1n) is 5.13. The van der Waals surface area contributed by atoms with Crippen LogP contribution in [-0.4, -0.2) is 18.5 Å². The van der Waals surface area contributed by atoms with Gasteiger partial charge >= 0.3 is 0 Å². The van der Waals surface area contributed by atoms with Crippen LogP contribution in [0.15, 0.2) is 11.1 Å². The molecule has 0 aromatic heterocycles. The van der Waals surface area contributed by atoms with Gasteiger partial charge in [0, 0.05) is 13.0 Å². The molecular weight excluding hydrogens is 188 g/mol. The zero-order valence-electron chi connectivity index (χ0n) is 8.72. The lowest BCUT2D eigenvalue weighted by molar-refractivity contribution is -0.116. The molecule has 2 aliphatic rings. The van der Waals surface area contributed by atoms with Crippen LogP contribution in [0, 0.1) is 23.7 Å². The number of carbonyl (C=O) groups is 1. The quantitative estimate of drug-likeness (QED) is 0.553. The molecule has 1 heterocycles. The summed E-state index contributed by atoms with van der Waals surface area (Å²) in [5.41, 5.74) is 1.75. The van der Waals surface area contributed by atoms with Gasteiger partial charge in [0.15, 0.2) is 5.78 Å². The van der Waals surface area contributed by atoms with E-state index >= 15 is 0 Å². The Morgan fingerprint density at radius 1 is 1.40 bits per heavy atom. The van der Waals surface area contributed by atoms with Gasteiger partial charge in [0.25, 0.3) is 0 Å². The van der Waals surface area contributed by atoms with E-state index in [4.69, 9.17) is 4.74 Å². The third-order valence-electron chi connectivity index (χ3n) is 2.64. The number of carbonyl (C=O) groups excluding carboxylic acids is 1. The maximum atomic E-state index is 11.6. The van der Waals surface area contributed by atoms with Crippen molar-refractivity contribution in [3.8, 4) is 23.7 Å². The van der Waals surface area contributed by atoms with Crippen LogP contribution in [0.5, 0.6) is 0 Å². The first-order chi connectivity index (χ1) is 7.33. The molecule has 0 aromatic rings. The van der Waals surface area contributed by atoms with Crippen LogP contribution in [0.2, 0.25) is 0 Å². The average Bonchev–Trinajstić information content (AvgIpc) is 2.56. The minimum Gasteiger partial charge on any atom is -0.373 e. The lowest BCUT2D eigenvalue weighted by atomic mass is 10.0. The number of hydrogen-bond donors (Lipinski definition) is 0. The number of fused-ring (bicyclic) bond motifs is 1. The second kappa shape index (κ2) is 4.34. The number of Topliss-reactive ketones (excluding diaryl/α,β-unsaturated/α-hetero) is 1. The van der Waals surface area contributed by atoms with Gasteiger partial charge in [-0.25, -0.2) is 0 Å². The van der Waals surface area contributed by atoms with E-state index < -0.39 is 0 Å². The van der Waals surface area contributed by atoms with Gasteiger partial charge in [-0.1, -0.05) is 5.92 Å². The summed E-state index contributed by atoms with van der Waals surface area (Å²) in [7, 11) is 0. The molecule has 0 saturated carbocycles. The summed E-state index contributed by atoms with van der Waals surface area (Å²) in [6.45, 7) is 2.49. The summed E-state index contributed by atoms with van der Waals surface area (Å²) in [4.78, 5) is 11.6. The molecule has 0 bridgehead atoms. The van der Waals surface area contributed by atoms with Crippen molar-refractivity contribution in [2.24, 2.45) is 0 Å². The minimum atomic E-state index is 0.00476. The lowest BCUT2D eigenvalue weighted by Crippen LogP contribution is -2.19. The zero-order chi connectivity index (χ0) is 10.7. The van der Waals surface area contributed by atoms with Crippen LogP contribution in [0.25, 0.3) is 0 Å². The molecule has 15 heavy (non-hydrogen) atoms. The fraction of sp³-hybridized carbons (Fsp3) is 0.462. The lowest BCUT2D eigenvalue weighted by Gasteiger charge is -2.20. The van der Waals surface area contributed by atoms with Crippen molar-refractivity contribution >= 4 is 5.78 Å². The van der Waals surface area contributed by atoms with Crippen molar-refractivity contribution in [1.29, 1.82) is 0 Å². The van der Waals surface area contributed by atoms with Crippen molar-refractivity contribution < 1.29 is 9.53 Å². The van der Waals surface area contributed by atoms with Gasteiger partial charge in [-0.2, -0.15) is 0 Å². The van der Waals surface area contributed by atoms with Crippen LogP contribution in [0.3, 0.4) is 0 Å². The summed E-state index contributed by atoms with van der Waals surface area (Å²) in [6, 6.07) is 0. The minimum absolute atomic E-state index is 0.00476. The molecule has 76 valence electrons.